The number of aliphatic imine (C=N–C) groups is 1. The van der Waals surface area contributed by atoms with E-state index in [2.05, 4.69) is 21.7 Å². The van der Waals surface area contributed by atoms with E-state index in [1.165, 1.54) is 0 Å². The number of rotatable bonds is 7. The zero-order valence-corrected chi connectivity index (χ0v) is 13.7. The van der Waals surface area contributed by atoms with Gasteiger partial charge in [-0.15, -0.1) is 0 Å². The Balaban J connectivity index is 2.50. The van der Waals surface area contributed by atoms with Gasteiger partial charge in [-0.1, -0.05) is 12.1 Å². The van der Waals surface area contributed by atoms with Crippen LogP contribution in [-0.2, 0) is 11.3 Å². The molecule has 0 aliphatic heterocycles. The van der Waals surface area contributed by atoms with Crippen LogP contribution in [0, 0.1) is 0 Å². The van der Waals surface area contributed by atoms with Gasteiger partial charge in [0, 0.05) is 27.2 Å². The molecule has 1 aromatic rings. The van der Waals surface area contributed by atoms with Gasteiger partial charge in [-0.05, 0) is 38.5 Å². The van der Waals surface area contributed by atoms with Crippen LogP contribution in [0.2, 0.25) is 0 Å². The molecule has 0 bridgehead atoms. The lowest BCUT2D eigenvalue weighted by Gasteiger charge is -2.24. The van der Waals surface area contributed by atoms with Gasteiger partial charge in [-0.25, -0.2) is 0 Å². The molecule has 0 fully saturated rings. The second-order valence-corrected chi connectivity index (χ2v) is 5.32. The van der Waals surface area contributed by atoms with E-state index < -0.39 is 0 Å². The maximum Gasteiger partial charge on any atom is 0.191 e. The number of nitrogens with one attached hydrogen (secondary N) is 2. The van der Waals surface area contributed by atoms with Crippen molar-refractivity contribution < 1.29 is 9.47 Å². The topological polar surface area (TPSA) is 54.9 Å². The van der Waals surface area contributed by atoms with Gasteiger partial charge >= 0.3 is 0 Å². The fourth-order valence-electron chi connectivity index (χ4n) is 1.69. The van der Waals surface area contributed by atoms with Crippen molar-refractivity contribution in [2.45, 2.75) is 32.9 Å². The summed E-state index contributed by atoms with van der Waals surface area (Å²) in [4.78, 5) is 4.21. The zero-order valence-electron chi connectivity index (χ0n) is 13.7. The molecule has 0 heterocycles. The third-order valence-electron chi connectivity index (χ3n) is 3.13. The summed E-state index contributed by atoms with van der Waals surface area (Å²) in [5, 5.41) is 6.53. The Morgan fingerprint density at radius 1 is 1.29 bits per heavy atom. The van der Waals surface area contributed by atoms with Crippen LogP contribution in [0.3, 0.4) is 0 Å². The second kappa shape index (κ2) is 8.52. The van der Waals surface area contributed by atoms with Crippen molar-refractivity contribution in [3.8, 4) is 5.75 Å². The molecule has 5 nitrogen and oxygen atoms in total. The fraction of sp³-hybridized carbons (Fsp3) is 0.562. The van der Waals surface area contributed by atoms with Crippen LogP contribution in [-0.4, -0.2) is 38.9 Å². The zero-order chi connectivity index (χ0) is 15.7. The minimum absolute atomic E-state index is 0.230. The summed E-state index contributed by atoms with van der Waals surface area (Å²) < 4.78 is 10.9. The van der Waals surface area contributed by atoms with Crippen molar-refractivity contribution in [1.82, 2.24) is 10.6 Å². The smallest absolute Gasteiger partial charge is 0.191 e. The largest absolute Gasteiger partial charge is 0.494 e. The van der Waals surface area contributed by atoms with E-state index in [0.717, 1.165) is 17.3 Å². The molecule has 0 aromatic heterocycles. The Morgan fingerprint density at radius 2 is 2.05 bits per heavy atom. The molecule has 0 saturated heterocycles. The van der Waals surface area contributed by atoms with Crippen LogP contribution < -0.4 is 15.4 Å². The molecular formula is C16H27N3O2. The molecule has 0 spiro atoms. The van der Waals surface area contributed by atoms with E-state index >= 15 is 0 Å². The van der Waals surface area contributed by atoms with Gasteiger partial charge in [0.25, 0.3) is 0 Å². The Kier molecular flexibility index (Phi) is 7.02. The number of hydrogen-bond donors (Lipinski definition) is 2. The first-order chi connectivity index (χ1) is 10.0. The Bertz CT molecular complexity index is 459. The second-order valence-electron chi connectivity index (χ2n) is 5.32. The molecule has 5 heteroatoms. The SMILES string of the molecule is CCOc1cccc(CNC(=NC)NCC(C)(C)OC)c1. The summed E-state index contributed by atoms with van der Waals surface area (Å²) in [5.41, 5.74) is 0.918. The number of benzene rings is 1. The maximum absolute atomic E-state index is 5.50. The molecule has 0 amide bonds. The van der Waals surface area contributed by atoms with E-state index in [1.54, 1.807) is 14.2 Å². The average molecular weight is 293 g/mol. The monoisotopic (exact) mass is 293 g/mol. The predicted octanol–water partition coefficient (Wildman–Crippen LogP) is 2.18. The molecule has 0 aliphatic rings. The van der Waals surface area contributed by atoms with Crippen molar-refractivity contribution in [2.75, 3.05) is 27.3 Å². The van der Waals surface area contributed by atoms with E-state index in [9.17, 15) is 0 Å². The highest BCUT2D eigenvalue weighted by atomic mass is 16.5. The van der Waals surface area contributed by atoms with Gasteiger partial charge in [0.1, 0.15) is 5.75 Å². The quantitative estimate of drug-likeness (QED) is 0.597. The van der Waals surface area contributed by atoms with Gasteiger partial charge in [0.2, 0.25) is 0 Å². The number of guanidine groups is 1. The molecule has 1 aromatic carbocycles. The lowest BCUT2D eigenvalue weighted by molar-refractivity contribution is 0.0268. The van der Waals surface area contributed by atoms with Gasteiger partial charge in [-0.2, -0.15) is 0 Å². The van der Waals surface area contributed by atoms with Crippen LogP contribution >= 0.6 is 0 Å². The summed E-state index contributed by atoms with van der Waals surface area (Å²) in [6, 6.07) is 8.04. The third kappa shape index (κ3) is 6.49. The minimum Gasteiger partial charge on any atom is -0.494 e. The Morgan fingerprint density at radius 3 is 2.67 bits per heavy atom. The molecule has 0 radical (unpaired) electrons. The number of methoxy groups -OCH3 is 1. The highest BCUT2D eigenvalue weighted by molar-refractivity contribution is 5.79. The highest BCUT2D eigenvalue weighted by Crippen LogP contribution is 2.13. The summed E-state index contributed by atoms with van der Waals surface area (Å²) in [6.07, 6.45) is 0. The number of ether oxygens (including phenoxy) is 2. The van der Waals surface area contributed by atoms with Gasteiger partial charge in [-0.3, -0.25) is 4.99 Å². The molecule has 0 atom stereocenters. The standard InChI is InChI=1S/C16H27N3O2/c1-6-21-14-9-7-8-13(10-14)11-18-15(17-4)19-12-16(2,3)20-5/h7-10H,6,11-12H2,1-5H3,(H2,17,18,19). The first kappa shape index (κ1) is 17.3. The van der Waals surface area contributed by atoms with Crippen LogP contribution in [0.5, 0.6) is 5.75 Å². The summed E-state index contributed by atoms with van der Waals surface area (Å²) >= 11 is 0. The van der Waals surface area contributed by atoms with Crippen LogP contribution in [0.25, 0.3) is 0 Å². The molecule has 1 rings (SSSR count). The Labute approximate surface area is 127 Å². The van der Waals surface area contributed by atoms with Gasteiger partial charge in [0.05, 0.1) is 12.2 Å². The van der Waals surface area contributed by atoms with E-state index in [0.29, 0.717) is 19.7 Å². The molecule has 0 saturated carbocycles. The maximum atomic E-state index is 5.50. The van der Waals surface area contributed by atoms with Crippen molar-refractivity contribution in [2.24, 2.45) is 4.99 Å². The first-order valence-electron chi connectivity index (χ1n) is 7.22. The van der Waals surface area contributed by atoms with Crippen molar-refractivity contribution in [3.63, 3.8) is 0 Å². The van der Waals surface area contributed by atoms with E-state index in [4.69, 9.17) is 9.47 Å². The average Bonchev–Trinajstić information content (AvgIpc) is 2.48. The van der Waals surface area contributed by atoms with Crippen molar-refractivity contribution in [3.05, 3.63) is 29.8 Å². The molecule has 0 aliphatic carbocycles. The molecule has 2 N–H and O–H groups in total. The third-order valence-corrected chi connectivity index (χ3v) is 3.13. The summed E-state index contributed by atoms with van der Waals surface area (Å²) in [7, 11) is 3.46. The lowest BCUT2D eigenvalue weighted by atomic mass is 10.1. The molecule has 0 unspecified atom stereocenters. The van der Waals surface area contributed by atoms with Crippen LogP contribution in [0.15, 0.2) is 29.3 Å². The van der Waals surface area contributed by atoms with Crippen molar-refractivity contribution in [1.29, 1.82) is 0 Å². The predicted molar refractivity (Wildman–Crippen MR) is 86.9 cm³/mol. The summed E-state index contributed by atoms with van der Waals surface area (Å²) in [5.74, 6) is 1.64. The van der Waals surface area contributed by atoms with Crippen LogP contribution in [0.1, 0.15) is 26.3 Å². The lowest BCUT2D eigenvalue weighted by Crippen LogP contribution is -2.45. The highest BCUT2D eigenvalue weighted by Gasteiger charge is 2.16. The summed E-state index contributed by atoms with van der Waals surface area (Å²) in [6.45, 7) is 8.08. The minimum atomic E-state index is -0.230. The normalized spacial score (nSPS) is 12.1. The molecule has 21 heavy (non-hydrogen) atoms. The van der Waals surface area contributed by atoms with E-state index in [1.807, 2.05) is 39.0 Å². The van der Waals surface area contributed by atoms with E-state index in [-0.39, 0.29) is 5.60 Å². The molecular weight excluding hydrogens is 266 g/mol. The fourth-order valence-corrected chi connectivity index (χ4v) is 1.69. The molecule has 118 valence electrons. The van der Waals surface area contributed by atoms with Crippen LogP contribution in [0.4, 0.5) is 0 Å². The Hall–Kier alpha value is -1.75. The van der Waals surface area contributed by atoms with Crippen molar-refractivity contribution >= 4 is 5.96 Å². The van der Waals surface area contributed by atoms with Gasteiger partial charge < -0.3 is 20.1 Å². The number of hydrogen-bond acceptors (Lipinski definition) is 3. The first-order valence-corrected chi connectivity index (χ1v) is 7.22. The van der Waals surface area contributed by atoms with Gasteiger partial charge in [0.15, 0.2) is 5.96 Å². The number of nitrogens with zero attached hydrogens (tertiary/aromatic N) is 1.